The van der Waals surface area contributed by atoms with Gasteiger partial charge in [-0.2, -0.15) is 0 Å². The maximum Gasteiger partial charge on any atom is 0.0589 e. The first-order valence-electron chi connectivity index (χ1n) is 8.17. The molecule has 1 saturated carbocycles. The summed E-state index contributed by atoms with van der Waals surface area (Å²) in [5.41, 5.74) is 0. The van der Waals surface area contributed by atoms with E-state index in [1.165, 1.54) is 58.2 Å². The first-order chi connectivity index (χ1) is 9.22. The topological polar surface area (TPSA) is 24.5 Å². The molecule has 0 radical (unpaired) electrons. The lowest BCUT2D eigenvalue weighted by atomic mass is 9.95. The highest BCUT2D eigenvalue weighted by atomic mass is 16.5. The smallest absolute Gasteiger partial charge is 0.0589 e. The number of nitrogens with one attached hydrogen (secondary N) is 1. The predicted octanol–water partition coefficient (Wildman–Crippen LogP) is 2.90. The number of methoxy groups -OCH3 is 1. The van der Waals surface area contributed by atoms with Crippen molar-refractivity contribution in [3.63, 3.8) is 0 Å². The number of nitrogens with zero attached hydrogens (tertiary/aromatic N) is 1. The Morgan fingerprint density at radius 2 is 1.89 bits per heavy atom. The van der Waals surface area contributed by atoms with Crippen molar-refractivity contribution < 1.29 is 4.74 Å². The molecule has 3 heteroatoms. The van der Waals surface area contributed by atoms with Crippen molar-refractivity contribution in [2.24, 2.45) is 5.92 Å². The van der Waals surface area contributed by atoms with Crippen molar-refractivity contribution in [3.8, 4) is 0 Å². The molecule has 0 aromatic carbocycles. The zero-order valence-corrected chi connectivity index (χ0v) is 13.3. The van der Waals surface area contributed by atoms with Crippen LogP contribution in [0.2, 0.25) is 0 Å². The van der Waals surface area contributed by atoms with E-state index in [2.05, 4.69) is 24.1 Å². The van der Waals surface area contributed by atoms with Crippen molar-refractivity contribution in [2.75, 3.05) is 39.9 Å². The SMILES string of the molecule is COCCN(CCCNC1CCCCC1)CC(C)C. The molecule has 114 valence electrons. The zero-order chi connectivity index (χ0) is 13.9. The number of ether oxygens (including phenoxy) is 1. The maximum atomic E-state index is 5.20. The van der Waals surface area contributed by atoms with Gasteiger partial charge in [-0.05, 0) is 38.3 Å². The van der Waals surface area contributed by atoms with Gasteiger partial charge < -0.3 is 15.0 Å². The average Bonchev–Trinajstić information content (AvgIpc) is 2.41. The fraction of sp³-hybridized carbons (Fsp3) is 1.00. The normalized spacial score (nSPS) is 17.5. The predicted molar refractivity (Wildman–Crippen MR) is 82.6 cm³/mol. The molecule has 0 atom stereocenters. The van der Waals surface area contributed by atoms with Crippen LogP contribution in [0, 0.1) is 5.92 Å². The minimum atomic E-state index is 0.739. The summed E-state index contributed by atoms with van der Waals surface area (Å²) < 4.78 is 5.20. The van der Waals surface area contributed by atoms with Gasteiger partial charge in [-0.1, -0.05) is 33.1 Å². The van der Waals surface area contributed by atoms with Gasteiger partial charge in [0.25, 0.3) is 0 Å². The first kappa shape index (κ1) is 16.9. The molecule has 0 amide bonds. The lowest BCUT2D eigenvalue weighted by molar-refractivity contribution is 0.139. The van der Waals surface area contributed by atoms with Crippen LogP contribution in [0.25, 0.3) is 0 Å². The minimum Gasteiger partial charge on any atom is -0.383 e. The van der Waals surface area contributed by atoms with Crippen molar-refractivity contribution in [1.29, 1.82) is 0 Å². The van der Waals surface area contributed by atoms with E-state index >= 15 is 0 Å². The van der Waals surface area contributed by atoms with Crippen LogP contribution in [0.5, 0.6) is 0 Å². The van der Waals surface area contributed by atoms with E-state index in [1.807, 2.05) is 0 Å². The fourth-order valence-corrected chi connectivity index (χ4v) is 2.95. The Bertz CT molecular complexity index is 203. The van der Waals surface area contributed by atoms with Crippen LogP contribution in [0.15, 0.2) is 0 Å². The van der Waals surface area contributed by atoms with Crippen molar-refractivity contribution in [3.05, 3.63) is 0 Å². The zero-order valence-electron chi connectivity index (χ0n) is 13.3. The molecule has 0 heterocycles. The van der Waals surface area contributed by atoms with Crippen LogP contribution in [0.1, 0.15) is 52.4 Å². The van der Waals surface area contributed by atoms with Crippen LogP contribution in [0.3, 0.4) is 0 Å². The van der Waals surface area contributed by atoms with Gasteiger partial charge in [0.2, 0.25) is 0 Å². The van der Waals surface area contributed by atoms with E-state index in [0.717, 1.165) is 25.1 Å². The first-order valence-corrected chi connectivity index (χ1v) is 8.17. The molecule has 1 aliphatic rings. The molecule has 1 N–H and O–H groups in total. The van der Waals surface area contributed by atoms with Crippen molar-refractivity contribution in [1.82, 2.24) is 10.2 Å². The molecule has 0 bridgehead atoms. The second kappa shape index (κ2) is 10.6. The average molecular weight is 270 g/mol. The van der Waals surface area contributed by atoms with Gasteiger partial charge in [0.15, 0.2) is 0 Å². The fourth-order valence-electron chi connectivity index (χ4n) is 2.95. The van der Waals surface area contributed by atoms with E-state index in [1.54, 1.807) is 7.11 Å². The molecule has 0 aromatic rings. The van der Waals surface area contributed by atoms with Gasteiger partial charge in [-0.3, -0.25) is 0 Å². The van der Waals surface area contributed by atoms with Gasteiger partial charge in [0.1, 0.15) is 0 Å². The molecule has 1 fully saturated rings. The summed E-state index contributed by atoms with van der Waals surface area (Å²) in [6.45, 7) is 10.1. The Hall–Kier alpha value is -0.120. The van der Waals surface area contributed by atoms with Gasteiger partial charge in [-0.15, -0.1) is 0 Å². The molecule has 0 aliphatic heterocycles. The molecule has 19 heavy (non-hydrogen) atoms. The molecule has 3 nitrogen and oxygen atoms in total. The van der Waals surface area contributed by atoms with E-state index in [9.17, 15) is 0 Å². The molecular weight excluding hydrogens is 236 g/mol. The number of hydrogen-bond donors (Lipinski definition) is 1. The highest BCUT2D eigenvalue weighted by molar-refractivity contribution is 4.72. The second-order valence-electron chi connectivity index (χ2n) is 6.33. The van der Waals surface area contributed by atoms with E-state index < -0.39 is 0 Å². The third kappa shape index (κ3) is 8.61. The molecule has 1 rings (SSSR count). The molecule has 0 spiro atoms. The van der Waals surface area contributed by atoms with Gasteiger partial charge in [0, 0.05) is 26.2 Å². The lowest BCUT2D eigenvalue weighted by Crippen LogP contribution is -2.36. The Morgan fingerprint density at radius 3 is 2.53 bits per heavy atom. The van der Waals surface area contributed by atoms with Crippen LogP contribution in [-0.2, 0) is 4.74 Å². The largest absolute Gasteiger partial charge is 0.383 e. The monoisotopic (exact) mass is 270 g/mol. The summed E-state index contributed by atoms with van der Waals surface area (Å²) in [5.74, 6) is 0.739. The summed E-state index contributed by atoms with van der Waals surface area (Å²) in [6, 6.07) is 0.797. The third-order valence-electron chi connectivity index (χ3n) is 3.92. The molecule has 1 aliphatic carbocycles. The summed E-state index contributed by atoms with van der Waals surface area (Å²) in [4.78, 5) is 2.54. The summed E-state index contributed by atoms with van der Waals surface area (Å²) in [7, 11) is 1.79. The van der Waals surface area contributed by atoms with Gasteiger partial charge in [0.05, 0.1) is 6.61 Å². The van der Waals surface area contributed by atoms with E-state index in [4.69, 9.17) is 4.74 Å². The van der Waals surface area contributed by atoms with Crippen molar-refractivity contribution >= 4 is 0 Å². The van der Waals surface area contributed by atoms with Crippen LogP contribution >= 0.6 is 0 Å². The van der Waals surface area contributed by atoms with E-state index in [-0.39, 0.29) is 0 Å². The quantitative estimate of drug-likeness (QED) is 0.618. The van der Waals surface area contributed by atoms with Gasteiger partial charge >= 0.3 is 0 Å². The van der Waals surface area contributed by atoms with Crippen LogP contribution in [-0.4, -0.2) is 50.8 Å². The van der Waals surface area contributed by atoms with E-state index in [0.29, 0.717) is 0 Å². The Morgan fingerprint density at radius 1 is 1.16 bits per heavy atom. The van der Waals surface area contributed by atoms with Crippen molar-refractivity contribution in [2.45, 2.75) is 58.4 Å². The Kier molecular flexibility index (Phi) is 9.48. The molecule has 0 saturated heterocycles. The summed E-state index contributed by atoms with van der Waals surface area (Å²) >= 11 is 0. The third-order valence-corrected chi connectivity index (χ3v) is 3.92. The summed E-state index contributed by atoms with van der Waals surface area (Å²) in [5, 5.41) is 3.73. The van der Waals surface area contributed by atoms with Crippen LogP contribution < -0.4 is 5.32 Å². The van der Waals surface area contributed by atoms with Gasteiger partial charge in [-0.25, -0.2) is 0 Å². The number of rotatable bonds is 10. The second-order valence-corrected chi connectivity index (χ2v) is 6.33. The van der Waals surface area contributed by atoms with Crippen LogP contribution in [0.4, 0.5) is 0 Å². The summed E-state index contributed by atoms with van der Waals surface area (Å²) in [6.07, 6.45) is 8.32. The molecule has 0 unspecified atom stereocenters. The molecule has 0 aromatic heterocycles. The lowest BCUT2D eigenvalue weighted by Gasteiger charge is -2.26. The maximum absolute atomic E-state index is 5.20. The molecular formula is C16H34N2O. The highest BCUT2D eigenvalue weighted by Crippen LogP contribution is 2.17. The highest BCUT2D eigenvalue weighted by Gasteiger charge is 2.12. The number of hydrogen-bond acceptors (Lipinski definition) is 3. The standard InChI is InChI=1S/C16H34N2O/c1-15(2)14-18(12-13-19-3)11-7-10-17-16-8-5-4-6-9-16/h15-17H,4-14H2,1-3H3. The Balaban J connectivity index is 2.08. The Labute approximate surface area is 120 Å². The minimum absolute atomic E-state index is 0.739.